The van der Waals surface area contributed by atoms with Crippen LogP contribution in [-0.4, -0.2) is 46.3 Å². The number of aromatic nitrogens is 3. The summed E-state index contributed by atoms with van der Waals surface area (Å²) in [4.78, 5) is 52.3. The molecule has 0 fully saturated rings. The molecule has 3 amide bonds. The fourth-order valence-corrected chi connectivity index (χ4v) is 5.38. The third-order valence-electron chi connectivity index (χ3n) is 8.06. The number of ether oxygens (including phenoxy) is 1. The Morgan fingerprint density at radius 2 is 1.73 bits per heavy atom. The number of amides is 3. The van der Waals surface area contributed by atoms with Gasteiger partial charge in [-0.25, -0.2) is 9.97 Å². The summed E-state index contributed by atoms with van der Waals surface area (Å²) >= 11 is 0. The molecule has 0 aliphatic heterocycles. The van der Waals surface area contributed by atoms with Crippen molar-refractivity contribution in [2.75, 3.05) is 23.8 Å². The molecule has 0 unspecified atom stereocenters. The molecule has 0 spiro atoms. The number of para-hydroxylation sites is 1. The summed E-state index contributed by atoms with van der Waals surface area (Å²) in [6.45, 7) is 8.16. The number of nitrogens with zero attached hydrogens (tertiary/aromatic N) is 4. The Morgan fingerprint density at radius 3 is 2.48 bits per heavy atom. The maximum absolute atomic E-state index is 13.1. The van der Waals surface area contributed by atoms with Gasteiger partial charge >= 0.3 is 0 Å². The largest absolute Gasteiger partial charge is 0.487 e. The monoisotopic (exact) mass is 642 g/mol. The third-order valence-corrected chi connectivity index (χ3v) is 8.06. The van der Waals surface area contributed by atoms with Crippen LogP contribution < -0.4 is 20.3 Å². The standard InChI is InChI=1S/C38H38N6O4/c1-24-9-12-32(27(4)31(24)23-48-33-8-6-7-30-25(2)19-26(3)42-38(30)33)44(5)37(47)22-41-35(45)14-11-29-10-13-34(40-21-29)43-36(46)20-28-15-17-39-18-16-28/h6-19,21H,20,22-23H2,1-5H3,(H,41,45)(H,40,43,46)/b14-11+. The van der Waals surface area contributed by atoms with Crippen LogP contribution in [0.3, 0.4) is 0 Å². The first-order valence-corrected chi connectivity index (χ1v) is 15.5. The van der Waals surface area contributed by atoms with Crippen LogP contribution in [0.2, 0.25) is 0 Å². The maximum atomic E-state index is 13.1. The Balaban J connectivity index is 1.15. The third kappa shape index (κ3) is 8.27. The fourth-order valence-electron chi connectivity index (χ4n) is 5.38. The number of hydrogen-bond donors (Lipinski definition) is 2. The predicted octanol–water partition coefficient (Wildman–Crippen LogP) is 5.81. The number of pyridine rings is 3. The first-order chi connectivity index (χ1) is 23.1. The molecule has 3 heterocycles. The summed E-state index contributed by atoms with van der Waals surface area (Å²) in [5.41, 5.74) is 8.09. The zero-order valence-corrected chi connectivity index (χ0v) is 27.7. The van der Waals surface area contributed by atoms with Crippen molar-refractivity contribution in [2.45, 2.75) is 40.7 Å². The van der Waals surface area contributed by atoms with Gasteiger partial charge in [0.1, 0.15) is 23.7 Å². The lowest BCUT2D eigenvalue weighted by molar-refractivity contribution is -0.122. The highest BCUT2D eigenvalue weighted by Gasteiger charge is 2.18. The Hall–Kier alpha value is -5.90. The number of nitrogens with one attached hydrogen (secondary N) is 2. The molecule has 10 nitrogen and oxygen atoms in total. The average Bonchev–Trinajstić information content (AvgIpc) is 3.07. The summed E-state index contributed by atoms with van der Waals surface area (Å²) < 4.78 is 6.30. The maximum Gasteiger partial charge on any atom is 0.246 e. The van der Waals surface area contributed by atoms with Crippen molar-refractivity contribution in [3.63, 3.8) is 0 Å². The highest BCUT2D eigenvalue weighted by atomic mass is 16.5. The van der Waals surface area contributed by atoms with Crippen molar-refractivity contribution in [2.24, 2.45) is 0 Å². The van der Waals surface area contributed by atoms with Gasteiger partial charge in [0.2, 0.25) is 17.7 Å². The fraction of sp³-hybridized carbons (Fsp3) is 0.211. The van der Waals surface area contributed by atoms with E-state index in [9.17, 15) is 14.4 Å². The van der Waals surface area contributed by atoms with Crippen molar-refractivity contribution in [3.8, 4) is 5.75 Å². The number of carbonyl (C=O) groups is 3. The molecule has 2 N–H and O–H groups in total. The molecule has 3 aromatic heterocycles. The highest BCUT2D eigenvalue weighted by Crippen LogP contribution is 2.30. The van der Waals surface area contributed by atoms with Gasteiger partial charge in [0.25, 0.3) is 0 Å². The van der Waals surface area contributed by atoms with Crippen molar-refractivity contribution in [1.29, 1.82) is 0 Å². The quantitative estimate of drug-likeness (QED) is 0.174. The summed E-state index contributed by atoms with van der Waals surface area (Å²) in [7, 11) is 1.69. The van der Waals surface area contributed by atoms with Crippen molar-refractivity contribution in [1.82, 2.24) is 20.3 Å². The molecule has 10 heteroatoms. The van der Waals surface area contributed by atoms with Gasteiger partial charge in [0.15, 0.2) is 0 Å². The second kappa shape index (κ2) is 15.1. The van der Waals surface area contributed by atoms with Gasteiger partial charge in [-0.05, 0) is 110 Å². The topological polar surface area (TPSA) is 126 Å². The summed E-state index contributed by atoms with van der Waals surface area (Å²) in [5, 5.41) is 6.45. The van der Waals surface area contributed by atoms with Crippen LogP contribution in [0, 0.1) is 27.7 Å². The van der Waals surface area contributed by atoms with Gasteiger partial charge in [-0.1, -0.05) is 18.2 Å². The first kappa shape index (κ1) is 33.5. The zero-order chi connectivity index (χ0) is 34.2. The molecule has 0 saturated carbocycles. The van der Waals surface area contributed by atoms with E-state index in [4.69, 9.17) is 9.72 Å². The molecule has 5 rings (SSSR count). The number of aryl methyl sites for hydroxylation is 3. The van der Waals surface area contributed by atoms with E-state index in [0.717, 1.165) is 50.1 Å². The summed E-state index contributed by atoms with van der Waals surface area (Å²) in [6.07, 6.45) is 7.95. The SMILES string of the molecule is Cc1cc(C)c2cccc(OCc3c(C)ccc(N(C)C(=O)CNC(=O)/C=C/c4ccc(NC(=O)Cc5ccncc5)nc4)c3C)c2n1. The van der Waals surface area contributed by atoms with Crippen molar-refractivity contribution < 1.29 is 19.1 Å². The smallest absolute Gasteiger partial charge is 0.246 e. The number of anilines is 2. The molecule has 244 valence electrons. The van der Waals surface area contributed by atoms with Gasteiger partial charge in [0.05, 0.1) is 13.0 Å². The minimum atomic E-state index is -0.421. The van der Waals surface area contributed by atoms with Gasteiger partial charge in [0, 0.05) is 48.5 Å². The number of hydrogen-bond acceptors (Lipinski definition) is 7. The van der Waals surface area contributed by atoms with Crippen molar-refractivity contribution in [3.05, 3.63) is 124 Å². The number of rotatable bonds is 11. The van der Waals surface area contributed by atoms with Crippen LogP contribution in [0.1, 0.15) is 39.1 Å². The van der Waals surface area contributed by atoms with Crippen LogP contribution in [-0.2, 0) is 27.4 Å². The van der Waals surface area contributed by atoms with E-state index in [2.05, 4.69) is 33.6 Å². The molecule has 5 aromatic rings. The number of fused-ring (bicyclic) bond motifs is 1. The lowest BCUT2D eigenvalue weighted by Gasteiger charge is -2.23. The molecule has 48 heavy (non-hydrogen) atoms. The van der Waals surface area contributed by atoms with Crippen LogP contribution >= 0.6 is 0 Å². The molecule has 0 aliphatic carbocycles. The van der Waals surface area contributed by atoms with Crippen LogP contribution in [0.5, 0.6) is 5.75 Å². The van der Waals surface area contributed by atoms with E-state index >= 15 is 0 Å². The number of carbonyl (C=O) groups excluding carboxylic acids is 3. The lowest BCUT2D eigenvalue weighted by Crippen LogP contribution is -2.38. The molecule has 2 aromatic carbocycles. The van der Waals surface area contributed by atoms with E-state index in [1.807, 2.05) is 51.1 Å². The molecule has 0 atom stereocenters. The molecule has 0 aliphatic rings. The first-order valence-electron chi connectivity index (χ1n) is 15.5. The molecule has 0 radical (unpaired) electrons. The van der Waals surface area contributed by atoms with E-state index in [1.54, 1.807) is 60.9 Å². The van der Waals surface area contributed by atoms with Gasteiger partial charge in [-0.3, -0.25) is 19.4 Å². The average molecular weight is 643 g/mol. The highest BCUT2D eigenvalue weighted by molar-refractivity contribution is 5.99. The van der Waals surface area contributed by atoms with Gasteiger partial charge in [-0.15, -0.1) is 0 Å². The minimum absolute atomic E-state index is 0.181. The zero-order valence-electron chi connectivity index (χ0n) is 27.7. The minimum Gasteiger partial charge on any atom is -0.487 e. The lowest BCUT2D eigenvalue weighted by atomic mass is 10.0. The number of likely N-dealkylation sites (N-methyl/N-ethyl adjacent to an activating group) is 1. The summed E-state index contributed by atoms with van der Waals surface area (Å²) in [6, 6.07) is 18.8. The van der Waals surface area contributed by atoms with Crippen molar-refractivity contribution >= 4 is 46.2 Å². The predicted molar refractivity (Wildman–Crippen MR) is 188 cm³/mol. The van der Waals surface area contributed by atoms with E-state index in [0.29, 0.717) is 23.7 Å². The second-order valence-corrected chi connectivity index (χ2v) is 11.6. The van der Waals surface area contributed by atoms with E-state index in [-0.39, 0.29) is 24.8 Å². The molecular formula is C38H38N6O4. The van der Waals surface area contributed by atoms with Crippen LogP contribution in [0.15, 0.2) is 85.3 Å². The molecule has 0 saturated heterocycles. The second-order valence-electron chi connectivity index (χ2n) is 11.6. The van der Waals surface area contributed by atoms with Gasteiger partial charge in [-0.2, -0.15) is 0 Å². The number of benzene rings is 2. The van der Waals surface area contributed by atoms with E-state index < -0.39 is 5.91 Å². The van der Waals surface area contributed by atoms with Crippen LogP contribution in [0.4, 0.5) is 11.5 Å². The Kier molecular flexibility index (Phi) is 10.5. The Bertz CT molecular complexity index is 1990. The normalized spacial score (nSPS) is 11.0. The van der Waals surface area contributed by atoms with E-state index in [1.165, 1.54) is 6.08 Å². The Labute approximate surface area is 279 Å². The Morgan fingerprint density at radius 1 is 0.938 bits per heavy atom. The summed E-state index contributed by atoms with van der Waals surface area (Å²) in [5.74, 6) is 0.226. The molecule has 0 bridgehead atoms. The molecular weight excluding hydrogens is 604 g/mol. The van der Waals surface area contributed by atoms with Crippen LogP contribution in [0.25, 0.3) is 17.0 Å². The van der Waals surface area contributed by atoms with Gasteiger partial charge < -0.3 is 20.3 Å².